The smallest absolute Gasteiger partial charge is 0.127 e. The molecular weight excluding hydrogens is 357 g/mol. The fourth-order valence-electron chi connectivity index (χ4n) is 3.02. The third kappa shape index (κ3) is 7.51. The fraction of sp³-hybridized carbons (Fsp3) is 0.368. The van der Waals surface area contributed by atoms with Gasteiger partial charge in [0.15, 0.2) is 0 Å². The highest BCUT2D eigenvalue weighted by Gasteiger charge is 2.28. The average Bonchev–Trinajstić information content (AvgIpc) is 2.60. The molecule has 1 fully saturated rings. The van der Waals surface area contributed by atoms with Gasteiger partial charge in [-0.25, -0.2) is 12.8 Å². The Morgan fingerprint density at radius 2 is 1.73 bits per heavy atom. The Hall–Kier alpha value is -1.96. The number of hydrogen-bond acceptors (Lipinski definition) is 4. The van der Waals surface area contributed by atoms with Gasteiger partial charge in [-0.15, -0.1) is 0 Å². The normalized spacial score (nSPS) is 16.3. The molecule has 142 valence electrons. The van der Waals surface area contributed by atoms with E-state index in [4.69, 9.17) is 17.7 Å². The maximum Gasteiger partial charge on any atom is 0.127 e. The van der Waals surface area contributed by atoms with Crippen molar-refractivity contribution in [1.82, 2.24) is 0 Å². The zero-order chi connectivity index (χ0) is 19.0. The van der Waals surface area contributed by atoms with Gasteiger partial charge in [-0.2, -0.15) is 0 Å². The van der Waals surface area contributed by atoms with E-state index in [1.54, 1.807) is 6.07 Å². The van der Waals surface area contributed by atoms with Crippen LogP contribution in [0.5, 0.6) is 5.75 Å². The van der Waals surface area contributed by atoms with Crippen molar-refractivity contribution in [3.05, 3.63) is 66.0 Å². The number of quaternary nitrogens is 1. The van der Waals surface area contributed by atoms with Crippen LogP contribution < -0.4 is 10.1 Å². The van der Waals surface area contributed by atoms with Gasteiger partial charge in [0.05, 0.1) is 23.2 Å². The molecule has 0 saturated carbocycles. The fourth-order valence-corrected chi connectivity index (χ4v) is 3.02. The van der Waals surface area contributed by atoms with Gasteiger partial charge in [-0.05, 0) is 17.7 Å². The molecule has 1 atom stereocenters. The van der Waals surface area contributed by atoms with Crippen molar-refractivity contribution in [2.24, 2.45) is 5.92 Å². The van der Waals surface area contributed by atoms with E-state index in [-0.39, 0.29) is 11.9 Å². The van der Waals surface area contributed by atoms with Crippen LogP contribution in [0.2, 0.25) is 0 Å². The monoisotopic (exact) mass is 381 g/mol. The van der Waals surface area contributed by atoms with Gasteiger partial charge in [0.25, 0.3) is 0 Å². The van der Waals surface area contributed by atoms with Crippen LogP contribution in [0, 0.1) is 11.7 Å². The molecule has 26 heavy (non-hydrogen) atoms. The second-order valence-electron chi connectivity index (χ2n) is 6.31. The molecule has 0 spiro atoms. The lowest BCUT2D eigenvalue weighted by molar-refractivity contribution is -0.665. The SMILES string of the molecule is CS(=O)(=O)[O-].Fc1cccc(O[C@H](c2ccccc2)C2CC[NH2+]CC2)c1. The minimum Gasteiger partial charge on any atom is -0.748 e. The highest BCUT2D eigenvalue weighted by atomic mass is 32.2. The van der Waals surface area contributed by atoms with Gasteiger partial charge in [-0.1, -0.05) is 36.4 Å². The van der Waals surface area contributed by atoms with E-state index in [0.717, 1.165) is 25.9 Å². The topological polar surface area (TPSA) is 83.0 Å². The van der Waals surface area contributed by atoms with E-state index in [1.807, 2.05) is 24.3 Å². The molecule has 0 amide bonds. The van der Waals surface area contributed by atoms with Crippen molar-refractivity contribution < 1.29 is 27.4 Å². The summed E-state index contributed by atoms with van der Waals surface area (Å²) in [6.07, 6.45) is 2.87. The summed E-state index contributed by atoms with van der Waals surface area (Å²) < 4.78 is 46.8. The van der Waals surface area contributed by atoms with Crippen molar-refractivity contribution in [3.63, 3.8) is 0 Å². The maximum atomic E-state index is 13.4. The maximum absolute atomic E-state index is 13.4. The Morgan fingerprint density at radius 3 is 2.31 bits per heavy atom. The Balaban J connectivity index is 0.000000431. The van der Waals surface area contributed by atoms with Crippen molar-refractivity contribution in [2.45, 2.75) is 18.9 Å². The quantitative estimate of drug-likeness (QED) is 0.822. The van der Waals surface area contributed by atoms with Crippen LogP contribution >= 0.6 is 0 Å². The predicted molar refractivity (Wildman–Crippen MR) is 96.2 cm³/mol. The van der Waals surface area contributed by atoms with Crippen LogP contribution in [0.25, 0.3) is 0 Å². The van der Waals surface area contributed by atoms with E-state index in [9.17, 15) is 4.39 Å². The van der Waals surface area contributed by atoms with Crippen LogP contribution in [-0.4, -0.2) is 32.3 Å². The minimum absolute atomic E-state index is 0.00157. The molecule has 1 heterocycles. The summed E-state index contributed by atoms with van der Waals surface area (Å²) in [5, 5.41) is 2.35. The molecule has 2 aromatic carbocycles. The molecule has 1 saturated heterocycles. The van der Waals surface area contributed by atoms with E-state index < -0.39 is 10.1 Å². The number of ether oxygens (including phenoxy) is 1. The molecule has 1 aliphatic heterocycles. The van der Waals surface area contributed by atoms with Gasteiger partial charge in [0.1, 0.15) is 17.7 Å². The first-order valence-electron chi connectivity index (χ1n) is 8.52. The number of halogens is 1. The van der Waals surface area contributed by atoms with Gasteiger partial charge in [0, 0.05) is 31.1 Å². The van der Waals surface area contributed by atoms with Crippen molar-refractivity contribution in [2.75, 3.05) is 19.3 Å². The molecule has 5 nitrogen and oxygen atoms in total. The second-order valence-corrected chi connectivity index (χ2v) is 7.72. The highest BCUT2D eigenvalue weighted by molar-refractivity contribution is 7.84. The molecule has 0 bridgehead atoms. The lowest BCUT2D eigenvalue weighted by Gasteiger charge is -2.30. The molecule has 7 heteroatoms. The van der Waals surface area contributed by atoms with E-state index in [1.165, 1.54) is 17.7 Å². The first kappa shape index (κ1) is 20.4. The third-order valence-electron chi connectivity index (χ3n) is 4.10. The molecule has 0 aromatic heterocycles. The Morgan fingerprint density at radius 1 is 1.12 bits per heavy atom. The number of piperidine rings is 1. The van der Waals surface area contributed by atoms with E-state index >= 15 is 0 Å². The summed E-state index contributed by atoms with van der Waals surface area (Å²) in [6, 6.07) is 16.7. The zero-order valence-electron chi connectivity index (χ0n) is 14.7. The molecule has 2 N–H and O–H groups in total. The Bertz CT molecular complexity index is 769. The number of nitrogens with two attached hydrogens (primary N) is 1. The van der Waals surface area contributed by atoms with E-state index in [0.29, 0.717) is 17.9 Å². The standard InChI is InChI=1S/C18H20FNO.CH4O3S/c19-16-7-4-8-17(13-16)21-18(14-5-2-1-3-6-14)15-9-11-20-12-10-15;1-5(2,3)4/h1-8,13,15,18,20H,9-12H2;1H3,(H,2,3,4)/t18-;/m1./s1. The summed E-state index contributed by atoms with van der Waals surface area (Å²) in [5.74, 6) is 0.843. The Kier molecular flexibility index (Phi) is 7.56. The molecule has 3 rings (SSSR count). The molecule has 0 unspecified atom stereocenters. The predicted octanol–water partition coefficient (Wildman–Crippen LogP) is 2.08. The summed E-state index contributed by atoms with van der Waals surface area (Å²) in [6.45, 7) is 2.28. The summed E-state index contributed by atoms with van der Waals surface area (Å²) in [5.41, 5.74) is 1.17. The lowest BCUT2D eigenvalue weighted by Crippen LogP contribution is -2.86. The third-order valence-corrected chi connectivity index (χ3v) is 4.10. The summed E-state index contributed by atoms with van der Waals surface area (Å²) in [4.78, 5) is 0. The van der Waals surface area contributed by atoms with Crippen LogP contribution in [0.1, 0.15) is 24.5 Å². The van der Waals surface area contributed by atoms with Gasteiger partial charge in [-0.3, -0.25) is 0 Å². The van der Waals surface area contributed by atoms with Gasteiger partial charge < -0.3 is 14.6 Å². The molecule has 2 aromatic rings. The first-order chi connectivity index (χ1) is 12.3. The number of hydrogen-bond donors (Lipinski definition) is 1. The van der Waals surface area contributed by atoms with Crippen molar-refractivity contribution in [3.8, 4) is 5.75 Å². The van der Waals surface area contributed by atoms with Crippen LogP contribution in [0.3, 0.4) is 0 Å². The zero-order valence-corrected chi connectivity index (χ0v) is 15.5. The van der Waals surface area contributed by atoms with Gasteiger partial charge >= 0.3 is 0 Å². The average molecular weight is 381 g/mol. The molecule has 0 aliphatic carbocycles. The second kappa shape index (κ2) is 9.66. The summed E-state index contributed by atoms with van der Waals surface area (Å²) in [7, 11) is -3.92. The highest BCUT2D eigenvalue weighted by Crippen LogP contribution is 2.32. The number of rotatable bonds is 4. The molecular formula is C19H24FNO4S. The first-order valence-corrected chi connectivity index (χ1v) is 10.3. The molecule has 0 radical (unpaired) electrons. The van der Waals surface area contributed by atoms with E-state index in [2.05, 4.69) is 17.4 Å². The van der Waals surface area contributed by atoms with Crippen molar-refractivity contribution in [1.29, 1.82) is 0 Å². The van der Waals surface area contributed by atoms with Gasteiger partial charge in [0.2, 0.25) is 0 Å². The van der Waals surface area contributed by atoms with Crippen LogP contribution in [0.15, 0.2) is 54.6 Å². The largest absolute Gasteiger partial charge is 0.748 e. The number of benzene rings is 2. The van der Waals surface area contributed by atoms with Crippen LogP contribution in [-0.2, 0) is 10.1 Å². The summed E-state index contributed by atoms with van der Waals surface area (Å²) >= 11 is 0. The molecule has 1 aliphatic rings. The van der Waals surface area contributed by atoms with Crippen molar-refractivity contribution >= 4 is 10.1 Å². The Labute approximate surface area is 154 Å². The minimum atomic E-state index is -3.92. The lowest BCUT2D eigenvalue weighted by atomic mass is 9.88. The van der Waals surface area contributed by atoms with Crippen LogP contribution in [0.4, 0.5) is 4.39 Å².